The van der Waals surface area contributed by atoms with E-state index in [2.05, 4.69) is 4.72 Å². The third kappa shape index (κ3) is 5.07. The number of methoxy groups -OCH3 is 1. The van der Waals surface area contributed by atoms with Crippen LogP contribution in [0.25, 0.3) is 0 Å². The maximum Gasteiger partial charge on any atom is 0.265 e. The highest BCUT2D eigenvalue weighted by molar-refractivity contribution is 7.93. The minimum absolute atomic E-state index is 0.0418. The number of thiophene rings is 1. The molecule has 0 bridgehead atoms. The van der Waals surface area contributed by atoms with Crippen LogP contribution in [0.1, 0.15) is 25.6 Å². The van der Waals surface area contributed by atoms with Crippen LogP contribution in [-0.4, -0.2) is 63.3 Å². The first-order valence-electron chi connectivity index (χ1n) is 10.7. The lowest BCUT2D eigenvalue weighted by atomic mass is 10.1. The number of hydrogen-bond donors (Lipinski definition) is 1. The maximum absolute atomic E-state index is 13.2. The molecule has 8 nitrogen and oxygen atoms in total. The van der Waals surface area contributed by atoms with Gasteiger partial charge < -0.3 is 14.5 Å². The van der Waals surface area contributed by atoms with Crippen molar-refractivity contribution in [3.63, 3.8) is 0 Å². The van der Waals surface area contributed by atoms with E-state index in [-0.39, 0.29) is 21.6 Å². The molecule has 178 valence electrons. The number of ether oxygens (including phenoxy) is 1. The number of sulfonamides is 1. The van der Waals surface area contributed by atoms with Crippen LogP contribution in [0.3, 0.4) is 0 Å². The van der Waals surface area contributed by atoms with Gasteiger partial charge in [-0.1, -0.05) is 17.7 Å². The van der Waals surface area contributed by atoms with Crippen LogP contribution in [0.4, 0.5) is 5.69 Å². The van der Waals surface area contributed by atoms with E-state index in [4.69, 9.17) is 4.74 Å². The Morgan fingerprint density at radius 2 is 1.47 bits per heavy atom. The summed E-state index contributed by atoms with van der Waals surface area (Å²) in [5.74, 6) is 0.206. The van der Waals surface area contributed by atoms with E-state index < -0.39 is 10.0 Å². The molecule has 0 saturated carbocycles. The van der Waals surface area contributed by atoms with E-state index in [0.717, 1.165) is 16.9 Å². The van der Waals surface area contributed by atoms with Gasteiger partial charge in [-0.3, -0.25) is 14.3 Å². The van der Waals surface area contributed by atoms with Gasteiger partial charge in [0.2, 0.25) is 0 Å². The van der Waals surface area contributed by atoms with Gasteiger partial charge in [0.1, 0.15) is 15.5 Å². The highest BCUT2D eigenvalue weighted by Gasteiger charge is 2.30. The summed E-state index contributed by atoms with van der Waals surface area (Å²) in [5.41, 5.74) is 1.99. The zero-order valence-corrected chi connectivity index (χ0v) is 20.5. The molecule has 2 aromatic carbocycles. The number of benzene rings is 2. The van der Waals surface area contributed by atoms with Crippen LogP contribution in [0.15, 0.2) is 64.9 Å². The second-order valence-corrected chi connectivity index (χ2v) is 10.5. The van der Waals surface area contributed by atoms with E-state index in [0.29, 0.717) is 43.2 Å². The SMILES string of the molecule is COc1ccc(C(=O)N2CCN(C(=O)c3sccc3S(=O)(=O)Nc3ccc(C)cc3)CC2)cc1. The number of nitrogens with zero attached hydrogens (tertiary/aromatic N) is 2. The van der Waals surface area contributed by atoms with Crippen molar-refractivity contribution in [3.05, 3.63) is 76.0 Å². The molecule has 1 N–H and O–H groups in total. The summed E-state index contributed by atoms with van der Waals surface area (Å²) in [7, 11) is -2.36. The highest BCUT2D eigenvalue weighted by atomic mass is 32.2. The predicted octanol–water partition coefficient (Wildman–Crippen LogP) is 3.46. The molecule has 2 heterocycles. The molecule has 1 aliphatic heterocycles. The molecule has 0 atom stereocenters. The Bertz CT molecular complexity index is 1280. The van der Waals surface area contributed by atoms with Gasteiger partial charge in [0, 0.05) is 37.4 Å². The minimum Gasteiger partial charge on any atom is -0.497 e. The summed E-state index contributed by atoms with van der Waals surface area (Å²) < 4.78 is 33.6. The summed E-state index contributed by atoms with van der Waals surface area (Å²) in [6, 6.07) is 15.3. The van der Waals surface area contributed by atoms with Crippen LogP contribution >= 0.6 is 11.3 Å². The van der Waals surface area contributed by atoms with Gasteiger partial charge in [0.15, 0.2) is 0 Å². The van der Waals surface area contributed by atoms with Gasteiger partial charge in [0.05, 0.1) is 7.11 Å². The van der Waals surface area contributed by atoms with Crippen molar-refractivity contribution in [1.82, 2.24) is 9.80 Å². The van der Waals surface area contributed by atoms with Crippen LogP contribution in [0.2, 0.25) is 0 Å². The lowest BCUT2D eigenvalue weighted by Gasteiger charge is -2.34. The number of nitrogens with one attached hydrogen (secondary N) is 1. The monoisotopic (exact) mass is 499 g/mol. The second-order valence-electron chi connectivity index (χ2n) is 7.90. The number of carbonyl (C=O) groups is 2. The van der Waals surface area contributed by atoms with Crippen molar-refractivity contribution in [3.8, 4) is 5.75 Å². The molecule has 10 heteroatoms. The van der Waals surface area contributed by atoms with Crippen molar-refractivity contribution in [1.29, 1.82) is 0 Å². The molecule has 0 unspecified atom stereocenters. The molecule has 1 saturated heterocycles. The first-order chi connectivity index (χ1) is 16.3. The number of rotatable bonds is 6. The molecule has 2 amide bonds. The smallest absolute Gasteiger partial charge is 0.265 e. The lowest BCUT2D eigenvalue weighted by Crippen LogP contribution is -2.50. The Morgan fingerprint density at radius 3 is 2.06 bits per heavy atom. The number of anilines is 1. The highest BCUT2D eigenvalue weighted by Crippen LogP contribution is 2.26. The maximum atomic E-state index is 13.2. The van der Waals surface area contributed by atoms with Crippen molar-refractivity contribution in [2.45, 2.75) is 11.8 Å². The quantitative estimate of drug-likeness (QED) is 0.560. The summed E-state index contributed by atoms with van der Waals surface area (Å²) in [4.78, 5) is 29.4. The molecule has 0 aliphatic carbocycles. The average molecular weight is 500 g/mol. The molecular weight excluding hydrogens is 474 g/mol. The molecule has 1 aromatic heterocycles. The van der Waals surface area contributed by atoms with E-state index in [1.54, 1.807) is 58.7 Å². The average Bonchev–Trinajstić information content (AvgIpc) is 3.36. The first kappa shape index (κ1) is 23.8. The number of amides is 2. The molecular formula is C24H25N3O5S2. The Kier molecular flexibility index (Phi) is 6.90. The van der Waals surface area contributed by atoms with Crippen LogP contribution < -0.4 is 9.46 Å². The number of hydrogen-bond acceptors (Lipinski definition) is 6. The molecule has 0 radical (unpaired) electrons. The summed E-state index contributed by atoms with van der Waals surface area (Å²) in [6.07, 6.45) is 0. The summed E-state index contributed by atoms with van der Waals surface area (Å²) in [6.45, 7) is 3.29. The summed E-state index contributed by atoms with van der Waals surface area (Å²) >= 11 is 1.10. The van der Waals surface area contributed by atoms with Crippen molar-refractivity contribution >= 4 is 38.9 Å². The third-order valence-electron chi connectivity index (χ3n) is 5.61. The largest absolute Gasteiger partial charge is 0.497 e. The molecule has 1 fully saturated rings. The minimum atomic E-state index is -3.93. The van der Waals surface area contributed by atoms with Crippen molar-refractivity contribution in [2.75, 3.05) is 38.0 Å². The fraction of sp³-hybridized carbons (Fsp3) is 0.250. The van der Waals surface area contributed by atoms with Gasteiger partial charge in [-0.15, -0.1) is 11.3 Å². The van der Waals surface area contributed by atoms with Gasteiger partial charge in [-0.2, -0.15) is 0 Å². The van der Waals surface area contributed by atoms with Gasteiger partial charge >= 0.3 is 0 Å². The lowest BCUT2D eigenvalue weighted by molar-refractivity contribution is 0.0536. The Labute approximate surface area is 202 Å². The van der Waals surface area contributed by atoms with Gasteiger partial charge in [-0.25, -0.2) is 8.42 Å². The van der Waals surface area contributed by atoms with Crippen molar-refractivity contribution in [2.24, 2.45) is 0 Å². The van der Waals surface area contributed by atoms with E-state index >= 15 is 0 Å². The molecule has 3 aromatic rings. The Balaban J connectivity index is 1.42. The van der Waals surface area contributed by atoms with Crippen LogP contribution in [0.5, 0.6) is 5.75 Å². The van der Waals surface area contributed by atoms with E-state index in [9.17, 15) is 18.0 Å². The molecule has 0 spiro atoms. The van der Waals surface area contributed by atoms with E-state index in [1.807, 2.05) is 19.1 Å². The van der Waals surface area contributed by atoms with Gasteiger partial charge in [-0.05, 0) is 54.8 Å². The fourth-order valence-electron chi connectivity index (χ4n) is 3.67. The number of piperazine rings is 1. The third-order valence-corrected chi connectivity index (χ3v) is 8.06. The van der Waals surface area contributed by atoms with E-state index in [1.165, 1.54) is 6.07 Å². The molecule has 34 heavy (non-hydrogen) atoms. The standard InChI is InChI=1S/C24H25N3O5S2/c1-17-3-7-19(8-4-17)25-34(30,31)21-11-16-33-22(21)24(29)27-14-12-26(13-15-27)23(28)18-5-9-20(32-2)10-6-18/h3-11,16,25H,12-15H2,1-2H3. The van der Waals surface area contributed by atoms with Crippen LogP contribution in [-0.2, 0) is 10.0 Å². The number of carbonyl (C=O) groups excluding carboxylic acids is 2. The fourth-order valence-corrected chi connectivity index (χ4v) is 6.12. The normalized spacial score (nSPS) is 14.1. The van der Waals surface area contributed by atoms with Crippen LogP contribution in [0, 0.1) is 6.92 Å². The Hall–Kier alpha value is -3.37. The second kappa shape index (κ2) is 9.86. The van der Waals surface area contributed by atoms with Crippen molar-refractivity contribution < 1.29 is 22.7 Å². The topological polar surface area (TPSA) is 96.0 Å². The molecule has 1 aliphatic rings. The molecule has 4 rings (SSSR count). The predicted molar refractivity (Wildman–Crippen MR) is 131 cm³/mol. The summed E-state index contributed by atoms with van der Waals surface area (Å²) in [5, 5.41) is 1.60. The first-order valence-corrected chi connectivity index (χ1v) is 13.0. The number of aryl methyl sites for hydroxylation is 1. The zero-order valence-electron chi connectivity index (χ0n) is 18.9. The Morgan fingerprint density at radius 1 is 0.882 bits per heavy atom. The van der Waals surface area contributed by atoms with Gasteiger partial charge in [0.25, 0.3) is 21.8 Å². The zero-order chi connectivity index (χ0) is 24.3.